The van der Waals surface area contributed by atoms with Gasteiger partial charge >= 0.3 is 0 Å². The van der Waals surface area contributed by atoms with Crippen LogP contribution in [0.1, 0.15) is 28.3 Å². The van der Waals surface area contributed by atoms with Crippen molar-refractivity contribution in [2.75, 3.05) is 13.6 Å². The number of nitrogens with zero attached hydrogens (tertiary/aromatic N) is 3. The van der Waals surface area contributed by atoms with Crippen LogP contribution in [0.5, 0.6) is 0 Å². The van der Waals surface area contributed by atoms with Gasteiger partial charge in [0, 0.05) is 24.6 Å². The molecule has 4 aromatic rings. The van der Waals surface area contributed by atoms with Crippen molar-refractivity contribution in [2.24, 2.45) is 0 Å². The van der Waals surface area contributed by atoms with Gasteiger partial charge in [-0.15, -0.1) is 0 Å². The molecule has 3 aromatic carbocycles. The highest BCUT2D eigenvalue weighted by molar-refractivity contribution is 5.83. The Balaban J connectivity index is 1.57. The minimum atomic E-state index is 0.386. The summed E-state index contributed by atoms with van der Waals surface area (Å²) in [6.45, 7) is 3.97. The zero-order valence-corrected chi connectivity index (χ0v) is 16.3. The molecule has 28 heavy (non-hydrogen) atoms. The van der Waals surface area contributed by atoms with Crippen LogP contribution in [0.3, 0.4) is 0 Å². The number of likely N-dealkylation sites (N-methyl/N-ethyl adjacent to an activating group) is 1. The predicted octanol–water partition coefficient (Wildman–Crippen LogP) is 5.18. The molecule has 0 saturated heterocycles. The van der Waals surface area contributed by atoms with Crippen LogP contribution in [0.25, 0.3) is 22.0 Å². The topological polar surface area (TPSA) is 29.0 Å². The van der Waals surface area contributed by atoms with Crippen molar-refractivity contribution in [1.29, 1.82) is 0 Å². The first-order chi connectivity index (χ1) is 13.7. The summed E-state index contributed by atoms with van der Waals surface area (Å²) in [5.41, 5.74) is 7.21. The minimum Gasteiger partial charge on any atom is -0.301 e. The van der Waals surface area contributed by atoms with Crippen molar-refractivity contribution in [3.05, 3.63) is 95.2 Å². The van der Waals surface area contributed by atoms with Gasteiger partial charge in [0.25, 0.3) is 0 Å². The van der Waals surface area contributed by atoms with Gasteiger partial charge in [-0.25, -0.2) is 0 Å². The molecule has 5 rings (SSSR count). The lowest BCUT2D eigenvalue weighted by Crippen LogP contribution is -2.31. The fourth-order valence-corrected chi connectivity index (χ4v) is 4.27. The van der Waals surface area contributed by atoms with Crippen LogP contribution in [-0.4, -0.2) is 28.7 Å². The number of aromatic nitrogens is 2. The van der Waals surface area contributed by atoms with E-state index in [-0.39, 0.29) is 0 Å². The Labute approximate surface area is 165 Å². The lowest BCUT2D eigenvalue weighted by Gasteiger charge is -2.33. The normalized spacial score (nSPS) is 16.9. The molecule has 3 nitrogen and oxygen atoms in total. The van der Waals surface area contributed by atoms with Crippen molar-refractivity contribution in [3.8, 4) is 11.3 Å². The third kappa shape index (κ3) is 3.08. The van der Waals surface area contributed by atoms with E-state index in [1.54, 1.807) is 0 Å². The fourth-order valence-electron chi connectivity index (χ4n) is 4.27. The highest BCUT2D eigenvalue weighted by atomic mass is 15.1. The molecule has 0 bridgehead atoms. The van der Waals surface area contributed by atoms with Gasteiger partial charge in [-0.05, 0) is 59.6 Å². The quantitative estimate of drug-likeness (QED) is 0.490. The summed E-state index contributed by atoms with van der Waals surface area (Å²) in [6.07, 6.45) is 0. The Morgan fingerprint density at radius 2 is 1.71 bits per heavy atom. The molecular formula is C25H23N3. The first-order valence-corrected chi connectivity index (χ1v) is 9.78. The molecule has 0 aliphatic carbocycles. The van der Waals surface area contributed by atoms with Gasteiger partial charge < -0.3 is 4.90 Å². The number of fused-ring (bicyclic) bond motifs is 2. The molecule has 0 radical (unpaired) electrons. The SMILES string of the molecule is Cc1ccc(-c2ccc3c(c2)CN(C)CC3c2ccc3ccccc3c2)nn1. The van der Waals surface area contributed by atoms with Crippen molar-refractivity contribution >= 4 is 10.8 Å². The third-order valence-electron chi connectivity index (χ3n) is 5.72. The van der Waals surface area contributed by atoms with Crippen molar-refractivity contribution in [2.45, 2.75) is 19.4 Å². The summed E-state index contributed by atoms with van der Waals surface area (Å²) in [4.78, 5) is 2.41. The maximum absolute atomic E-state index is 4.36. The van der Waals surface area contributed by atoms with Gasteiger partial charge in [0.2, 0.25) is 0 Å². The van der Waals surface area contributed by atoms with Gasteiger partial charge in [-0.3, -0.25) is 0 Å². The maximum Gasteiger partial charge on any atom is 0.0929 e. The summed E-state index contributed by atoms with van der Waals surface area (Å²) in [5, 5.41) is 11.2. The van der Waals surface area contributed by atoms with E-state index in [4.69, 9.17) is 0 Å². The molecule has 0 amide bonds. The van der Waals surface area contributed by atoms with Crippen LogP contribution in [0.15, 0.2) is 72.8 Å². The minimum absolute atomic E-state index is 0.386. The highest BCUT2D eigenvalue weighted by Crippen LogP contribution is 2.36. The number of aryl methyl sites for hydroxylation is 1. The van der Waals surface area contributed by atoms with Crippen LogP contribution in [0.2, 0.25) is 0 Å². The van der Waals surface area contributed by atoms with E-state index in [0.29, 0.717) is 5.92 Å². The summed E-state index contributed by atoms with van der Waals surface area (Å²) in [7, 11) is 2.20. The van der Waals surface area contributed by atoms with Gasteiger partial charge in [-0.2, -0.15) is 10.2 Å². The molecule has 2 heterocycles. The average molecular weight is 365 g/mol. The van der Waals surface area contributed by atoms with E-state index in [9.17, 15) is 0 Å². The Kier molecular flexibility index (Phi) is 4.18. The number of hydrogen-bond acceptors (Lipinski definition) is 3. The smallest absolute Gasteiger partial charge is 0.0929 e. The van der Waals surface area contributed by atoms with E-state index in [2.05, 4.69) is 88.9 Å². The average Bonchev–Trinajstić information content (AvgIpc) is 2.73. The molecule has 0 spiro atoms. The Hall–Kier alpha value is -3.04. The van der Waals surface area contributed by atoms with Gasteiger partial charge in [0.05, 0.1) is 11.4 Å². The predicted molar refractivity (Wildman–Crippen MR) is 114 cm³/mol. The molecule has 1 aliphatic heterocycles. The molecule has 138 valence electrons. The zero-order chi connectivity index (χ0) is 19.1. The monoisotopic (exact) mass is 365 g/mol. The standard InChI is InChI=1S/C25H23N3/c1-17-7-12-25(27-26-17)21-10-11-23-22(14-21)15-28(2)16-24(23)20-9-8-18-5-3-4-6-19(18)13-20/h3-14,24H,15-16H2,1-2H3. The van der Waals surface area contributed by atoms with E-state index < -0.39 is 0 Å². The lowest BCUT2D eigenvalue weighted by molar-refractivity contribution is 0.295. The van der Waals surface area contributed by atoms with Crippen LogP contribution in [0.4, 0.5) is 0 Å². The summed E-state index contributed by atoms with van der Waals surface area (Å²) < 4.78 is 0. The third-order valence-corrected chi connectivity index (χ3v) is 5.72. The molecule has 0 fully saturated rings. The molecule has 0 saturated carbocycles. The van der Waals surface area contributed by atoms with E-state index in [1.807, 2.05) is 13.0 Å². The number of benzene rings is 3. The van der Waals surface area contributed by atoms with Gasteiger partial charge in [-0.1, -0.05) is 54.6 Å². The lowest BCUT2D eigenvalue weighted by atomic mass is 9.83. The molecule has 1 unspecified atom stereocenters. The molecule has 3 heteroatoms. The molecule has 1 aromatic heterocycles. The van der Waals surface area contributed by atoms with Crippen molar-refractivity contribution in [1.82, 2.24) is 15.1 Å². The van der Waals surface area contributed by atoms with Crippen LogP contribution >= 0.6 is 0 Å². The first-order valence-electron chi connectivity index (χ1n) is 9.78. The number of rotatable bonds is 2. The molecular weight excluding hydrogens is 342 g/mol. The summed E-state index contributed by atoms with van der Waals surface area (Å²) in [5.74, 6) is 0.386. The fraction of sp³-hybridized carbons (Fsp3) is 0.200. The van der Waals surface area contributed by atoms with Crippen molar-refractivity contribution < 1.29 is 0 Å². The summed E-state index contributed by atoms with van der Waals surface area (Å²) in [6, 6.07) is 26.3. The Bertz CT molecular complexity index is 1150. The Morgan fingerprint density at radius 1 is 0.857 bits per heavy atom. The molecule has 0 N–H and O–H groups in total. The molecule has 1 atom stereocenters. The van der Waals surface area contributed by atoms with E-state index in [0.717, 1.165) is 30.0 Å². The van der Waals surface area contributed by atoms with Crippen LogP contribution in [-0.2, 0) is 6.54 Å². The highest BCUT2D eigenvalue weighted by Gasteiger charge is 2.25. The maximum atomic E-state index is 4.36. The summed E-state index contributed by atoms with van der Waals surface area (Å²) >= 11 is 0. The second kappa shape index (κ2) is 6.84. The van der Waals surface area contributed by atoms with Crippen LogP contribution < -0.4 is 0 Å². The second-order valence-corrected chi connectivity index (χ2v) is 7.83. The Morgan fingerprint density at radius 3 is 2.54 bits per heavy atom. The zero-order valence-electron chi connectivity index (χ0n) is 16.3. The van der Waals surface area contributed by atoms with Crippen LogP contribution in [0, 0.1) is 6.92 Å². The van der Waals surface area contributed by atoms with E-state index >= 15 is 0 Å². The first kappa shape index (κ1) is 17.1. The van der Waals surface area contributed by atoms with E-state index in [1.165, 1.54) is 27.5 Å². The largest absolute Gasteiger partial charge is 0.301 e. The van der Waals surface area contributed by atoms with Gasteiger partial charge in [0.15, 0.2) is 0 Å². The van der Waals surface area contributed by atoms with Gasteiger partial charge in [0.1, 0.15) is 0 Å². The number of hydrogen-bond donors (Lipinski definition) is 0. The molecule has 1 aliphatic rings. The second-order valence-electron chi connectivity index (χ2n) is 7.83. The van der Waals surface area contributed by atoms with Crippen molar-refractivity contribution in [3.63, 3.8) is 0 Å².